The lowest BCUT2D eigenvalue weighted by Gasteiger charge is -2.34. The Morgan fingerprint density at radius 3 is 2.54 bits per heavy atom. The zero-order chi connectivity index (χ0) is 9.90. The third-order valence-corrected chi connectivity index (χ3v) is 4.12. The van der Waals surface area contributed by atoms with E-state index in [1.54, 1.807) is 7.05 Å². The Bertz CT molecular complexity index is 248. The van der Waals surface area contributed by atoms with Crippen LogP contribution in [0.2, 0.25) is 0 Å². The fraction of sp³-hybridized carbons (Fsp3) is 1.00. The van der Waals surface area contributed by atoms with Gasteiger partial charge in [0.2, 0.25) is 10.0 Å². The molecular weight excluding hydrogens is 192 g/mol. The predicted octanol–water partition coefficient (Wildman–Crippen LogP) is -1.13. The Balaban J connectivity index is 2.47. The molecule has 1 saturated heterocycles. The van der Waals surface area contributed by atoms with Gasteiger partial charge in [0.1, 0.15) is 0 Å². The number of ether oxygens (including phenoxy) is 1. The van der Waals surface area contributed by atoms with Crippen molar-refractivity contribution in [3.8, 4) is 0 Å². The summed E-state index contributed by atoms with van der Waals surface area (Å²) in [7, 11) is 0.00776. The van der Waals surface area contributed by atoms with E-state index in [1.807, 2.05) is 0 Å². The van der Waals surface area contributed by atoms with Crippen molar-refractivity contribution in [1.82, 2.24) is 9.62 Å². The Labute approximate surface area is 79.1 Å². The molecule has 0 unspecified atom stereocenters. The molecule has 1 heterocycles. The third-order valence-electron chi connectivity index (χ3n) is 2.26. The first-order chi connectivity index (χ1) is 6.08. The van der Waals surface area contributed by atoms with E-state index in [1.165, 1.54) is 11.4 Å². The molecule has 0 aromatic rings. The molecule has 0 aromatic carbocycles. The average Bonchev–Trinajstić information content (AvgIpc) is 1.97. The summed E-state index contributed by atoms with van der Waals surface area (Å²) in [6.07, 6.45) is 0. The second-order valence-electron chi connectivity index (χ2n) is 3.14. The summed E-state index contributed by atoms with van der Waals surface area (Å²) in [5, 5.41) is 3.03. The molecule has 0 saturated carbocycles. The minimum Gasteiger partial charge on any atom is -0.384 e. The molecule has 1 aliphatic heterocycles. The molecule has 0 bridgehead atoms. The molecule has 0 aliphatic carbocycles. The number of nitrogens with zero attached hydrogens (tertiary/aromatic N) is 1. The lowest BCUT2D eigenvalue weighted by molar-refractivity contribution is 0.213. The number of hydrogen-bond acceptors (Lipinski definition) is 4. The summed E-state index contributed by atoms with van der Waals surface area (Å²) in [6, 6.07) is 0.127. The molecule has 0 radical (unpaired) electrons. The van der Waals surface area contributed by atoms with Crippen molar-refractivity contribution in [1.29, 1.82) is 0 Å². The second kappa shape index (κ2) is 4.36. The monoisotopic (exact) mass is 208 g/mol. The van der Waals surface area contributed by atoms with E-state index in [2.05, 4.69) is 5.32 Å². The lowest BCUT2D eigenvalue weighted by atomic mass is 10.2. The van der Waals surface area contributed by atoms with E-state index in [-0.39, 0.29) is 18.4 Å². The van der Waals surface area contributed by atoms with E-state index >= 15 is 0 Å². The van der Waals surface area contributed by atoms with Gasteiger partial charge in [-0.05, 0) is 0 Å². The Hall–Kier alpha value is -0.170. The molecule has 0 aromatic heterocycles. The van der Waals surface area contributed by atoms with Crippen LogP contribution in [0.5, 0.6) is 0 Å². The van der Waals surface area contributed by atoms with Crippen LogP contribution in [0, 0.1) is 0 Å². The van der Waals surface area contributed by atoms with Gasteiger partial charge in [-0.3, -0.25) is 0 Å². The summed E-state index contributed by atoms with van der Waals surface area (Å²) < 4.78 is 29.3. The van der Waals surface area contributed by atoms with Crippen LogP contribution in [-0.4, -0.2) is 58.4 Å². The normalized spacial score (nSPS) is 19.0. The highest BCUT2D eigenvalue weighted by molar-refractivity contribution is 7.89. The van der Waals surface area contributed by atoms with Gasteiger partial charge in [0, 0.05) is 33.3 Å². The van der Waals surface area contributed by atoms with Gasteiger partial charge in [0.25, 0.3) is 0 Å². The van der Waals surface area contributed by atoms with Gasteiger partial charge in [-0.1, -0.05) is 0 Å². The first kappa shape index (κ1) is 10.9. The number of hydrogen-bond donors (Lipinski definition) is 1. The van der Waals surface area contributed by atoms with Crippen LogP contribution in [0.25, 0.3) is 0 Å². The molecule has 0 amide bonds. The van der Waals surface area contributed by atoms with Crippen molar-refractivity contribution in [3.63, 3.8) is 0 Å². The number of likely N-dealkylation sites (N-methyl/N-ethyl adjacent to an activating group) is 1. The predicted molar refractivity (Wildman–Crippen MR) is 50.1 cm³/mol. The molecular formula is C7H16N2O3S. The Kier molecular flexibility index (Phi) is 3.66. The lowest BCUT2D eigenvalue weighted by Crippen LogP contribution is -2.57. The molecule has 78 valence electrons. The maximum Gasteiger partial charge on any atom is 0.216 e. The van der Waals surface area contributed by atoms with Crippen LogP contribution in [0.3, 0.4) is 0 Å². The molecule has 1 fully saturated rings. The van der Waals surface area contributed by atoms with Crippen LogP contribution in [0.15, 0.2) is 0 Å². The smallest absolute Gasteiger partial charge is 0.216 e. The SMILES string of the molecule is COCCS(=O)(=O)N(C)C1CNC1. The summed E-state index contributed by atoms with van der Waals surface area (Å²) >= 11 is 0. The van der Waals surface area contributed by atoms with Crippen molar-refractivity contribution >= 4 is 10.0 Å². The summed E-state index contributed by atoms with van der Waals surface area (Å²) in [5.74, 6) is 0.0660. The zero-order valence-electron chi connectivity index (χ0n) is 7.99. The quantitative estimate of drug-likeness (QED) is 0.621. The maximum atomic E-state index is 11.5. The maximum absolute atomic E-state index is 11.5. The fourth-order valence-electron chi connectivity index (χ4n) is 1.09. The van der Waals surface area contributed by atoms with E-state index in [0.717, 1.165) is 13.1 Å². The van der Waals surface area contributed by atoms with Crippen molar-refractivity contribution in [2.75, 3.05) is 39.6 Å². The number of nitrogens with one attached hydrogen (secondary N) is 1. The van der Waals surface area contributed by atoms with Crippen LogP contribution in [0.1, 0.15) is 0 Å². The van der Waals surface area contributed by atoms with Crippen molar-refractivity contribution in [3.05, 3.63) is 0 Å². The highest BCUT2D eigenvalue weighted by Gasteiger charge is 2.29. The summed E-state index contributed by atoms with van der Waals surface area (Å²) in [5.41, 5.74) is 0. The average molecular weight is 208 g/mol. The van der Waals surface area contributed by atoms with Gasteiger partial charge in [-0.2, -0.15) is 4.31 Å². The molecule has 13 heavy (non-hydrogen) atoms. The molecule has 6 heteroatoms. The van der Waals surface area contributed by atoms with Gasteiger partial charge in [0.15, 0.2) is 0 Å². The van der Waals surface area contributed by atoms with Crippen LogP contribution < -0.4 is 5.32 Å². The van der Waals surface area contributed by atoms with Gasteiger partial charge in [-0.25, -0.2) is 8.42 Å². The van der Waals surface area contributed by atoms with Gasteiger partial charge < -0.3 is 10.1 Å². The first-order valence-corrected chi connectivity index (χ1v) is 5.84. The van der Waals surface area contributed by atoms with E-state index < -0.39 is 10.0 Å². The first-order valence-electron chi connectivity index (χ1n) is 4.23. The third kappa shape index (κ3) is 2.63. The molecule has 0 atom stereocenters. The standard InChI is InChI=1S/C7H16N2O3S/c1-9(7-5-8-6-7)13(10,11)4-3-12-2/h7-8H,3-6H2,1-2H3. The summed E-state index contributed by atoms with van der Waals surface area (Å²) in [4.78, 5) is 0. The van der Waals surface area contributed by atoms with Gasteiger partial charge >= 0.3 is 0 Å². The molecule has 0 spiro atoms. The minimum atomic E-state index is -3.11. The number of rotatable bonds is 5. The second-order valence-corrected chi connectivity index (χ2v) is 5.29. The Morgan fingerprint density at radius 2 is 2.15 bits per heavy atom. The van der Waals surface area contributed by atoms with E-state index in [4.69, 9.17) is 4.74 Å². The van der Waals surface area contributed by atoms with E-state index in [0.29, 0.717) is 0 Å². The van der Waals surface area contributed by atoms with Crippen molar-refractivity contribution in [2.45, 2.75) is 6.04 Å². The van der Waals surface area contributed by atoms with Crippen LogP contribution >= 0.6 is 0 Å². The number of sulfonamides is 1. The fourth-order valence-corrected chi connectivity index (χ4v) is 2.36. The van der Waals surface area contributed by atoms with Gasteiger partial charge in [-0.15, -0.1) is 0 Å². The topological polar surface area (TPSA) is 58.6 Å². The molecule has 1 aliphatic rings. The van der Waals surface area contributed by atoms with Crippen LogP contribution in [-0.2, 0) is 14.8 Å². The van der Waals surface area contributed by atoms with Gasteiger partial charge in [0.05, 0.1) is 12.4 Å². The van der Waals surface area contributed by atoms with Crippen molar-refractivity contribution < 1.29 is 13.2 Å². The highest BCUT2D eigenvalue weighted by Crippen LogP contribution is 2.08. The summed E-state index contributed by atoms with van der Waals surface area (Å²) in [6.45, 7) is 1.76. The largest absolute Gasteiger partial charge is 0.384 e. The zero-order valence-corrected chi connectivity index (χ0v) is 8.80. The minimum absolute atomic E-state index is 0.0660. The van der Waals surface area contributed by atoms with Crippen molar-refractivity contribution in [2.24, 2.45) is 0 Å². The molecule has 1 N–H and O–H groups in total. The number of methoxy groups -OCH3 is 1. The highest BCUT2D eigenvalue weighted by atomic mass is 32.2. The van der Waals surface area contributed by atoms with E-state index in [9.17, 15) is 8.42 Å². The van der Waals surface area contributed by atoms with Crippen LogP contribution in [0.4, 0.5) is 0 Å². The molecule has 5 nitrogen and oxygen atoms in total. The molecule has 1 rings (SSSR count). The Morgan fingerprint density at radius 1 is 1.54 bits per heavy atom.